The molecule has 0 spiro atoms. The van der Waals surface area contributed by atoms with Gasteiger partial charge in [-0.05, 0) is 6.92 Å². The fourth-order valence-corrected chi connectivity index (χ4v) is 2.00. The maximum absolute atomic E-state index is 11.9. The zero-order chi connectivity index (χ0) is 11.9. The smallest absolute Gasteiger partial charge is 0.233 e. The highest BCUT2D eigenvalue weighted by Gasteiger charge is 2.44. The Morgan fingerprint density at radius 3 is 2.31 bits per heavy atom. The zero-order valence-corrected chi connectivity index (χ0v) is 9.60. The molecule has 5 heteroatoms. The number of carbonyl (C=O) groups is 2. The number of amides is 2. The quantitative estimate of drug-likeness (QED) is 0.761. The standard InChI is InChI=1S/C11H15N3O2/c1-6-7(2)11(16)14(10(6)15)8(3)9-4-12-13-5-9/h4-8H,1-3H3,(H,12,13). The van der Waals surface area contributed by atoms with Crippen molar-refractivity contribution in [3.8, 4) is 0 Å². The molecule has 1 aromatic heterocycles. The molecule has 1 fully saturated rings. The largest absolute Gasteiger partial charge is 0.285 e. The molecule has 0 aromatic carbocycles. The van der Waals surface area contributed by atoms with Crippen molar-refractivity contribution in [3.05, 3.63) is 18.0 Å². The molecule has 3 atom stereocenters. The average molecular weight is 221 g/mol. The molecule has 1 aliphatic heterocycles. The Morgan fingerprint density at radius 1 is 1.31 bits per heavy atom. The number of aromatic nitrogens is 2. The SMILES string of the molecule is CC1C(=O)N(C(C)c2cn[nH]c2)C(=O)C1C. The maximum Gasteiger partial charge on any atom is 0.233 e. The fraction of sp³-hybridized carbons (Fsp3) is 0.545. The number of H-pyrrole nitrogens is 1. The van der Waals surface area contributed by atoms with Crippen LogP contribution in [0.2, 0.25) is 0 Å². The van der Waals surface area contributed by atoms with Gasteiger partial charge in [0.2, 0.25) is 11.8 Å². The van der Waals surface area contributed by atoms with E-state index < -0.39 is 0 Å². The highest BCUT2D eigenvalue weighted by Crippen LogP contribution is 2.32. The van der Waals surface area contributed by atoms with E-state index in [4.69, 9.17) is 0 Å². The lowest BCUT2D eigenvalue weighted by molar-refractivity contribution is -0.142. The van der Waals surface area contributed by atoms with Crippen LogP contribution in [0, 0.1) is 11.8 Å². The summed E-state index contributed by atoms with van der Waals surface area (Å²) in [4.78, 5) is 25.2. The van der Waals surface area contributed by atoms with Crippen LogP contribution in [0.3, 0.4) is 0 Å². The predicted octanol–water partition coefficient (Wildman–Crippen LogP) is 1.11. The van der Waals surface area contributed by atoms with Gasteiger partial charge in [-0.1, -0.05) is 13.8 Å². The summed E-state index contributed by atoms with van der Waals surface area (Å²) in [6.45, 7) is 5.44. The van der Waals surface area contributed by atoms with Gasteiger partial charge in [-0.15, -0.1) is 0 Å². The van der Waals surface area contributed by atoms with E-state index in [9.17, 15) is 9.59 Å². The fourth-order valence-electron chi connectivity index (χ4n) is 2.00. The highest BCUT2D eigenvalue weighted by molar-refractivity contribution is 6.05. The summed E-state index contributed by atoms with van der Waals surface area (Å²) in [6, 6.07) is -0.244. The molecule has 16 heavy (non-hydrogen) atoms. The van der Waals surface area contributed by atoms with Crippen LogP contribution >= 0.6 is 0 Å². The van der Waals surface area contributed by atoms with E-state index in [1.807, 2.05) is 6.92 Å². The van der Waals surface area contributed by atoms with Crippen LogP contribution in [0.5, 0.6) is 0 Å². The van der Waals surface area contributed by atoms with Crippen molar-refractivity contribution in [3.63, 3.8) is 0 Å². The van der Waals surface area contributed by atoms with E-state index in [1.54, 1.807) is 26.2 Å². The van der Waals surface area contributed by atoms with Gasteiger partial charge in [-0.25, -0.2) is 0 Å². The Labute approximate surface area is 93.8 Å². The Bertz CT molecular complexity index is 393. The molecule has 0 bridgehead atoms. The molecule has 86 valence electrons. The Kier molecular flexibility index (Phi) is 2.53. The second-order valence-corrected chi connectivity index (χ2v) is 4.33. The van der Waals surface area contributed by atoms with Gasteiger partial charge in [0.15, 0.2) is 0 Å². The zero-order valence-electron chi connectivity index (χ0n) is 9.60. The first kappa shape index (κ1) is 10.9. The number of hydrogen-bond acceptors (Lipinski definition) is 3. The number of rotatable bonds is 2. The molecule has 1 aliphatic rings. The molecule has 1 aromatic rings. The third kappa shape index (κ3) is 1.43. The van der Waals surface area contributed by atoms with Crippen molar-refractivity contribution >= 4 is 11.8 Å². The van der Waals surface area contributed by atoms with Crippen LogP contribution in [-0.2, 0) is 9.59 Å². The van der Waals surface area contributed by atoms with Crippen LogP contribution in [0.4, 0.5) is 0 Å². The van der Waals surface area contributed by atoms with E-state index >= 15 is 0 Å². The van der Waals surface area contributed by atoms with Gasteiger partial charge in [0.25, 0.3) is 0 Å². The molecular formula is C11H15N3O2. The summed E-state index contributed by atoms with van der Waals surface area (Å²) in [5.41, 5.74) is 0.850. The van der Waals surface area contributed by atoms with Crippen molar-refractivity contribution in [1.82, 2.24) is 15.1 Å². The molecule has 5 nitrogen and oxygen atoms in total. The van der Waals surface area contributed by atoms with Crippen LogP contribution in [0.25, 0.3) is 0 Å². The molecule has 0 saturated carbocycles. The summed E-state index contributed by atoms with van der Waals surface area (Å²) >= 11 is 0. The second-order valence-electron chi connectivity index (χ2n) is 4.33. The van der Waals surface area contributed by atoms with Gasteiger partial charge >= 0.3 is 0 Å². The lowest BCUT2D eigenvalue weighted by Gasteiger charge is -2.21. The molecule has 2 rings (SSSR count). The van der Waals surface area contributed by atoms with Gasteiger partial charge in [0, 0.05) is 23.6 Å². The van der Waals surface area contributed by atoms with E-state index in [2.05, 4.69) is 10.2 Å². The molecule has 2 heterocycles. The number of likely N-dealkylation sites (tertiary alicyclic amines) is 1. The summed E-state index contributed by atoms with van der Waals surface area (Å²) < 4.78 is 0. The molecule has 3 unspecified atom stereocenters. The van der Waals surface area contributed by atoms with Crippen LogP contribution in [0.15, 0.2) is 12.4 Å². The Balaban J connectivity index is 2.28. The van der Waals surface area contributed by atoms with Gasteiger partial charge < -0.3 is 0 Å². The number of nitrogens with one attached hydrogen (secondary N) is 1. The number of hydrogen-bond donors (Lipinski definition) is 1. The number of carbonyl (C=O) groups excluding carboxylic acids is 2. The first-order valence-corrected chi connectivity index (χ1v) is 5.39. The summed E-state index contributed by atoms with van der Waals surface area (Å²) in [6.07, 6.45) is 3.34. The van der Waals surface area contributed by atoms with Crippen molar-refractivity contribution in [1.29, 1.82) is 0 Å². The van der Waals surface area contributed by atoms with Gasteiger partial charge in [-0.3, -0.25) is 19.6 Å². The summed E-state index contributed by atoms with van der Waals surface area (Å²) in [5, 5.41) is 6.52. The van der Waals surface area contributed by atoms with Crippen molar-refractivity contribution < 1.29 is 9.59 Å². The lowest BCUT2D eigenvalue weighted by Crippen LogP contribution is -2.33. The summed E-state index contributed by atoms with van der Waals surface area (Å²) in [5.74, 6) is -0.624. The van der Waals surface area contributed by atoms with E-state index in [0.29, 0.717) is 0 Å². The average Bonchev–Trinajstić information content (AvgIpc) is 2.84. The number of aromatic amines is 1. The molecule has 1 saturated heterocycles. The first-order valence-electron chi connectivity index (χ1n) is 5.39. The highest BCUT2D eigenvalue weighted by atomic mass is 16.2. The van der Waals surface area contributed by atoms with Crippen LogP contribution in [-0.4, -0.2) is 26.9 Å². The van der Waals surface area contributed by atoms with E-state index in [0.717, 1.165) is 5.56 Å². The lowest BCUT2D eigenvalue weighted by atomic mass is 10.00. The Morgan fingerprint density at radius 2 is 1.88 bits per heavy atom. The van der Waals surface area contributed by atoms with Gasteiger partial charge in [0.05, 0.1) is 12.2 Å². The maximum atomic E-state index is 11.9. The third-order valence-corrected chi connectivity index (χ3v) is 3.39. The van der Waals surface area contributed by atoms with Crippen molar-refractivity contribution in [2.45, 2.75) is 26.8 Å². The second kappa shape index (κ2) is 3.73. The van der Waals surface area contributed by atoms with E-state index in [-0.39, 0.29) is 29.7 Å². The monoisotopic (exact) mass is 221 g/mol. The number of nitrogens with zero attached hydrogens (tertiary/aromatic N) is 2. The number of imide groups is 1. The van der Waals surface area contributed by atoms with Crippen LogP contribution in [0.1, 0.15) is 32.4 Å². The summed E-state index contributed by atoms with van der Waals surface area (Å²) in [7, 11) is 0. The molecule has 0 radical (unpaired) electrons. The van der Waals surface area contributed by atoms with E-state index in [1.165, 1.54) is 4.90 Å². The molecule has 2 amide bonds. The third-order valence-electron chi connectivity index (χ3n) is 3.39. The predicted molar refractivity (Wildman–Crippen MR) is 57.2 cm³/mol. The minimum absolute atomic E-state index is 0.0915. The van der Waals surface area contributed by atoms with Gasteiger partial charge in [0.1, 0.15) is 0 Å². The molecule has 0 aliphatic carbocycles. The minimum atomic E-state index is -0.244. The van der Waals surface area contributed by atoms with Crippen molar-refractivity contribution in [2.75, 3.05) is 0 Å². The molecular weight excluding hydrogens is 206 g/mol. The first-order chi connectivity index (χ1) is 7.54. The minimum Gasteiger partial charge on any atom is -0.285 e. The van der Waals surface area contributed by atoms with Gasteiger partial charge in [-0.2, -0.15) is 5.10 Å². The van der Waals surface area contributed by atoms with Crippen molar-refractivity contribution in [2.24, 2.45) is 11.8 Å². The van der Waals surface area contributed by atoms with Crippen LogP contribution < -0.4 is 0 Å². The Hall–Kier alpha value is -1.65. The normalized spacial score (nSPS) is 27.6. The molecule has 1 N–H and O–H groups in total. The topological polar surface area (TPSA) is 66.1 Å².